The zero-order chi connectivity index (χ0) is 11.3. The lowest BCUT2D eigenvalue weighted by atomic mass is 10.3. The van der Waals surface area contributed by atoms with E-state index in [1.807, 2.05) is 13.8 Å². The van der Waals surface area contributed by atoms with Gasteiger partial charge in [0, 0.05) is 16.7 Å². The Balaban J connectivity index is 2.57. The van der Waals surface area contributed by atoms with Crippen LogP contribution < -0.4 is 5.32 Å². The topological polar surface area (TPSA) is 29.1 Å². The molecule has 2 nitrogen and oxygen atoms in total. The third-order valence-electron chi connectivity index (χ3n) is 2.03. The van der Waals surface area contributed by atoms with Crippen molar-refractivity contribution >= 4 is 10.8 Å². The quantitative estimate of drug-likeness (QED) is 0.836. The van der Waals surface area contributed by atoms with Crippen LogP contribution in [0.25, 0.3) is 0 Å². The van der Waals surface area contributed by atoms with Crippen LogP contribution in [0.15, 0.2) is 29.2 Å². The highest BCUT2D eigenvalue weighted by Gasteiger charge is 2.08. The minimum Gasteiger partial charge on any atom is -0.314 e. The van der Waals surface area contributed by atoms with Crippen LogP contribution in [-0.4, -0.2) is 22.5 Å². The normalized spacial score (nSPS) is 14.9. The van der Waals surface area contributed by atoms with E-state index in [9.17, 15) is 8.60 Å². The SMILES string of the molecule is CCNC(C)CS(=O)c1ccc(F)cc1. The van der Waals surface area contributed by atoms with Crippen molar-refractivity contribution in [3.63, 3.8) is 0 Å². The van der Waals surface area contributed by atoms with Gasteiger partial charge in [-0.3, -0.25) is 4.21 Å². The molecule has 0 spiro atoms. The van der Waals surface area contributed by atoms with E-state index < -0.39 is 10.8 Å². The Morgan fingerprint density at radius 2 is 2.00 bits per heavy atom. The van der Waals surface area contributed by atoms with E-state index >= 15 is 0 Å². The molecule has 1 aromatic carbocycles. The number of nitrogens with one attached hydrogen (secondary N) is 1. The smallest absolute Gasteiger partial charge is 0.123 e. The van der Waals surface area contributed by atoms with Crippen LogP contribution in [0.2, 0.25) is 0 Å². The first-order chi connectivity index (χ1) is 7.13. The van der Waals surface area contributed by atoms with Gasteiger partial charge in [-0.25, -0.2) is 4.39 Å². The van der Waals surface area contributed by atoms with Crippen molar-refractivity contribution in [3.8, 4) is 0 Å². The Bertz CT molecular complexity index is 326. The molecule has 1 N–H and O–H groups in total. The summed E-state index contributed by atoms with van der Waals surface area (Å²) >= 11 is 0. The summed E-state index contributed by atoms with van der Waals surface area (Å²) in [6, 6.07) is 6.03. The fraction of sp³-hybridized carbons (Fsp3) is 0.455. The Labute approximate surface area is 92.3 Å². The second-order valence-electron chi connectivity index (χ2n) is 3.42. The molecule has 0 fully saturated rings. The molecule has 0 aliphatic rings. The van der Waals surface area contributed by atoms with Crippen molar-refractivity contribution < 1.29 is 8.60 Å². The molecule has 0 saturated carbocycles. The lowest BCUT2D eigenvalue weighted by Crippen LogP contribution is -2.30. The van der Waals surface area contributed by atoms with Gasteiger partial charge < -0.3 is 5.32 Å². The molecule has 0 radical (unpaired) electrons. The van der Waals surface area contributed by atoms with Crippen LogP contribution >= 0.6 is 0 Å². The molecular weight excluding hydrogens is 213 g/mol. The van der Waals surface area contributed by atoms with Gasteiger partial charge in [0.25, 0.3) is 0 Å². The monoisotopic (exact) mass is 229 g/mol. The molecule has 2 atom stereocenters. The molecule has 0 amide bonds. The van der Waals surface area contributed by atoms with Gasteiger partial charge in [0.2, 0.25) is 0 Å². The van der Waals surface area contributed by atoms with E-state index in [0.717, 1.165) is 6.54 Å². The second-order valence-corrected chi connectivity index (χ2v) is 4.92. The minimum atomic E-state index is -1.05. The number of hydrogen-bond acceptors (Lipinski definition) is 2. The van der Waals surface area contributed by atoms with E-state index in [2.05, 4.69) is 5.32 Å². The van der Waals surface area contributed by atoms with E-state index in [4.69, 9.17) is 0 Å². The highest BCUT2D eigenvalue weighted by Crippen LogP contribution is 2.08. The predicted octanol–water partition coefficient (Wildman–Crippen LogP) is 1.93. The van der Waals surface area contributed by atoms with Crippen LogP contribution in [0.3, 0.4) is 0 Å². The molecule has 0 saturated heterocycles. The summed E-state index contributed by atoms with van der Waals surface area (Å²) in [5.74, 6) is 0.259. The molecule has 2 unspecified atom stereocenters. The Morgan fingerprint density at radius 3 is 2.53 bits per heavy atom. The number of hydrogen-bond donors (Lipinski definition) is 1. The molecule has 0 aromatic heterocycles. The van der Waals surface area contributed by atoms with Gasteiger partial charge >= 0.3 is 0 Å². The first kappa shape index (κ1) is 12.3. The average molecular weight is 229 g/mol. The van der Waals surface area contributed by atoms with Crippen molar-refractivity contribution in [1.82, 2.24) is 5.32 Å². The summed E-state index contributed by atoms with van der Waals surface area (Å²) in [6.07, 6.45) is 0. The van der Waals surface area contributed by atoms with Gasteiger partial charge in [-0.2, -0.15) is 0 Å². The fourth-order valence-corrected chi connectivity index (χ4v) is 2.52. The van der Waals surface area contributed by atoms with E-state index in [0.29, 0.717) is 10.6 Å². The zero-order valence-corrected chi connectivity index (χ0v) is 9.81. The summed E-state index contributed by atoms with van der Waals surface area (Å²) in [7, 11) is -1.05. The molecule has 0 aliphatic carbocycles. The van der Waals surface area contributed by atoms with Gasteiger partial charge in [-0.15, -0.1) is 0 Å². The standard InChI is InChI=1S/C11H16FNOS/c1-3-13-9(2)8-15(14)11-6-4-10(12)5-7-11/h4-7,9,13H,3,8H2,1-2H3. The van der Waals surface area contributed by atoms with Crippen LogP contribution in [0.4, 0.5) is 4.39 Å². The van der Waals surface area contributed by atoms with Crippen molar-refractivity contribution in [2.24, 2.45) is 0 Å². The molecular formula is C11H16FNOS. The third-order valence-corrected chi connectivity index (χ3v) is 3.63. The lowest BCUT2D eigenvalue weighted by Gasteiger charge is -2.11. The molecule has 0 aliphatic heterocycles. The molecule has 84 valence electrons. The Hall–Kier alpha value is -0.740. The maximum atomic E-state index is 12.6. The van der Waals surface area contributed by atoms with Crippen molar-refractivity contribution in [2.75, 3.05) is 12.3 Å². The number of benzene rings is 1. The Kier molecular flexibility index (Phi) is 4.91. The average Bonchev–Trinajstić information content (AvgIpc) is 2.18. The van der Waals surface area contributed by atoms with Crippen LogP contribution in [0.5, 0.6) is 0 Å². The van der Waals surface area contributed by atoms with Crippen LogP contribution in [0, 0.1) is 5.82 Å². The summed E-state index contributed by atoms with van der Waals surface area (Å²) in [4.78, 5) is 0.682. The predicted molar refractivity (Wildman–Crippen MR) is 60.8 cm³/mol. The Morgan fingerprint density at radius 1 is 1.40 bits per heavy atom. The minimum absolute atomic E-state index is 0.209. The van der Waals surface area contributed by atoms with Gasteiger partial charge in [-0.1, -0.05) is 6.92 Å². The molecule has 0 heterocycles. The molecule has 15 heavy (non-hydrogen) atoms. The summed E-state index contributed by atoms with van der Waals surface area (Å²) in [5.41, 5.74) is 0. The fourth-order valence-electron chi connectivity index (χ4n) is 1.32. The summed E-state index contributed by atoms with van der Waals surface area (Å²) in [5, 5.41) is 3.19. The first-order valence-corrected chi connectivity index (χ1v) is 6.32. The summed E-state index contributed by atoms with van der Waals surface area (Å²) in [6.45, 7) is 4.87. The van der Waals surface area contributed by atoms with Gasteiger partial charge in [0.1, 0.15) is 5.82 Å². The first-order valence-electron chi connectivity index (χ1n) is 5.00. The van der Waals surface area contributed by atoms with Crippen molar-refractivity contribution in [2.45, 2.75) is 24.8 Å². The highest BCUT2D eigenvalue weighted by molar-refractivity contribution is 7.85. The van der Waals surface area contributed by atoms with Crippen LogP contribution in [-0.2, 0) is 10.8 Å². The van der Waals surface area contributed by atoms with Crippen LogP contribution in [0.1, 0.15) is 13.8 Å². The van der Waals surface area contributed by atoms with Crippen molar-refractivity contribution in [3.05, 3.63) is 30.1 Å². The second kappa shape index (κ2) is 5.98. The number of rotatable bonds is 5. The lowest BCUT2D eigenvalue weighted by molar-refractivity contribution is 0.607. The number of halogens is 1. The molecule has 1 rings (SSSR count). The third kappa shape index (κ3) is 4.10. The summed E-state index contributed by atoms with van der Waals surface area (Å²) < 4.78 is 24.4. The molecule has 1 aromatic rings. The van der Waals surface area contributed by atoms with Gasteiger partial charge in [-0.05, 0) is 37.7 Å². The maximum Gasteiger partial charge on any atom is 0.123 e. The van der Waals surface area contributed by atoms with Crippen molar-refractivity contribution in [1.29, 1.82) is 0 Å². The zero-order valence-electron chi connectivity index (χ0n) is 9.00. The largest absolute Gasteiger partial charge is 0.314 e. The van der Waals surface area contributed by atoms with E-state index in [1.165, 1.54) is 12.1 Å². The maximum absolute atomic E-state index is 12.6. The van der Waals surface area contributed by atoms with Gasteiger partial charge in [0.15, 0.2) is 0 Å². The van der Waals surface area contributed by atoms with E-state index in [-0.39, 0.29) is 11.9 Å². The van der Waals surface area contributed by atoms with Gasteiger partial charge in [0.05, 0.1) is 10.8 Å². The molecule has 0 bridgehead atoms. The molecule has 4 heteroatoms. The highest BCUT2D eigenvalue weighted by atomic mass is 32.2. The van der Waals surface area contributed by atoms with E-state index in [1.54, 1.807) is 12.1 Å².